The lowest BCUT2D eigenvalue weighted by Gasteiger charge is -2.20. The lowest BCUT2D eigenvalue weighted by atomic mass is 9.86. The van der Waals surface area contributed by atoms with E-state index in [1.165, 1.54) is 12.4 Å². The fourth-order valence-electron chi connectivity index (χ4n) is 4.04. The van der Waals surface area contributed by atoms with E-state index < -0.39 is 29.4 Å². The molecule has 0 saturated heterocycles. The monoisotopic (exact) mass is 405 g/mol. The van der Waals surface area contributed by atoms with Gasteiger partial charge in [-0.15, -0.1) is 0 Å². The van der Waals surface area contributed by atoms with Gasteiger partial charge in [-0.25, -0.2) is 17.6 Å². The van der Waals surface area contributed by atoms with Gasteiger partial charge in [0.1, 0.15) is 11.6 Å². The highest BCUT2D eigenvalue weighted by Gasteiger charge is 2.47. The van der Waals surface area contributed by atoms with Crippen LogP contribution in [-0.2, 0) is 13.5 Å². The summed E-state index contributed by atoms with van der Waals surface area (Å²) in [7, 11) is 1.70. The molecule has 7 heteroatoms. The number of aromatic nitrogens is 2. The van der Waals surface area contributed by atoms with Crippen LogP contribution in [0.25, 0.3) is 5.57 Å². The molecule has 3 rings (SSSR count). The van der Waals surface area contributed by atoms with E-state index in [9.17, 15) is 17.6 Å². The van der Waals surface area contributed by atoms with E-state index in [4.69, 9.17) is 0 Å². The highest BCUT2D eigenvalue weighted by Crippen LogP contribution is 2.49. The van der Waals surface area contributed by atoms with Crippen molar-refractivity contribution in [3.63, 3.8) is 0 Å². The Labute approximate surface area is 167 Å². The molecule has 1 heterocycles. The van der Waals surface area contributed by atoms with Crippen molar-refractivity contribution in [3.05, 3.63) is 71.7 Å². The Kier molecular flexibility index (Phi) is 6.05. The van der Waals surface area contributed by atoms with Crippen LogP contribution in [0.1, 0.15) is 42.5 Å². The lowest BCUT2D eigenvalue weighted by molar-refractivity contribution is 0.00402. The summed E-state index contributed by atoms with van der Waals surface area (Å²) in [5.74, 6) is -5.00. The normalized spacial score (nSPS) is 21.8. The topological polar surface area (TPSA) is 30.2 Å². The van der Waals surface area contributed by atoms with Gasteiger partial charge in [-0.1, -0.05) is 6.58 Å². The van der Waals surface area contributed by atoms with E-state index in [-0.39, 0.29) is 30.4 Å². The van der Waals surface area contributed by atoms with E-state index in [0.717, 1.165) is 12.1 Å². The maximum absolute atomic E-state index is 14.7. The number of nitrogens with zero attached hydrogens (tertiary/aromatic N) is 3. The molecule has 0 radical (unpaired) electrons. The van der Waals surface area contributed by atoms with E-state index in [2.05, 4.69) is 16.7 Å². The first-order valence-electron chi connectivity index (χ1n) is 9.37. The Hall–Kier alpha value is -2.70. The second kappa shape index (κ2) is 8.35. The van der Waals surface area contributed by atoms with Gasteiger partial charge in [0.2, 0.25) is 5.92 Å². The van der Waals surface area contributed by atoms with Crippen molar-refractivity contribution < 1.29 is 17.6 Å². The van der Waals surface area contributed by atoms with Gasteiger partial charge in [-0.2, -0.15) is 5.10 Å². The van der Waals surface area contributed by atoms with Gasteiger partial charge in [0.25, 0.3) is 0 Å². The Morgan fingerprint density at radius 3 is 2.72 bits per heavy atom. The van der Waals surface area contributed by atoms with Gasteiger partial charge in [0.15, 0.2) is 0 Å². The van der Waals surface area contributed by atoms with Crippen molar-refractivity contribution in [1.82, 2.24) is 9.78 Å². The standard InChI is InChI=1S/C22H23F4N3/c1-4-27-7-5-14(2)17-11-19(23)15(10-20(17)24)9-16-12-22(25,26)13-18(16)21-6-8-28-29(21)3/h4-8,10-11,16,18H,1,9,12-13H2,2-3H3/b14-5+,27-7-. The number of allylic oxidation sites excluding steroid dienone is 2. The maximum atomic E-state index is 14.7. The summed E-state index contributed by atoms with van der Waals surface area (Å²) in [6.45, 7) is 5.08. The van der Waals surface area contributed by atoms with Gasteiger partial charge >= 0.3 is 0 Å². The minimum Gasteiger partial charge on any atom is -0.272 e. The minimum atomic E-state index is -2.83. The van der Waals surface area contributed by atoms with Crippen LogP contribution < -0.4 is 0 Å². The molecule has 1 fully saturated rings. The Bertz CT molecular complexity index is 959. The third-order valence-electron chi connectivity index (χ3n) is 5.45. The number of rotatable bonds is 6. The molecule has 1 saturated carbocycles. The second-order valence-electron chi connectivity index (χ2n) is 7.47. The van der Waals surface area contributed by atoms with Crippen molar-refractivity contribution in [1.29, 1.82) is 0 Å². The molecule has 1 aliphatic carbocycles. The van der Waals surface area contributed by atoms with Crippen LogP contribution in [-0.4, -0.2) is 21.9 Å². The van der Waals surface area contributed by atoms with Crippen molar-refractivity contribution >= 4 is 11.8 Å². The predicted molar refractivity (Wildman–Crippen MR) is 106 cm³/mol. The van der Waals surface area contributed by atoms with Crippen LogP contribution in [0.4, 0.5) is 17.6 Å². The average Bonchev–Trinajstić information content (AvgIpc) is 3.19. The molecule has 2 unspecified atom stereocenters. The summed E-state index contributed by atoms with van der Waals surface area (Å²) in [5, 5.41) is 4.06. The molecular weight excluding hydrogens is 382 g/mol. The molecule has 2 aromatic rings. The number of alkyl halides is 2. The summed E-state index contributed by atoms with van der Waals surface area (Å²) in [6, 6.07) is 3.94. The summed E-state index contributed by atoms with van der Waals surface area (Å²) < 4.78 is 59.2. The van der Waals surface area contributed by atoms with Crippen molar-refractivity contribution in [2.24, 2.45) is 18.0 Å². The Morgan fingerprint density at radius 2 is 2.07 bits per heavy atom. The van der Waals surface area contributed by atoms with Crippen molar-refractivity contribution in [2.45, 2.75) is 38.0 Å². The smallest absolute Gasteiger partial charge is 0.249 e. The number of hydrogen-bond donors (Lipinski definition) is 0. The quantitative estimate of drug-likeness (QED) is 0.449. The number of aliphatic imine (C=N–C) groups is 1. The molecule has 0 bridgehead atoms. The molecule has 0 amide bonds. The van der Waals surface area contributed by atoms with E-state index >= 15 is 0 Å². The molecular formula is C22H23F4N3. The summed E-state index contributed by atoms with van der Waals surface area (Å²) in [5.41, 5.74) is 1.40. The van der Waals surface area contributed by atoms with Crippen molar-refractivity contribution in [3.8, 4) is 0 Å². The fraction of sp³-hybridized carbons (Fsp3) is 0.364. The third kappa shape index (κ3) is 4.66. The molecule has 1 aromatic carbocycles. The number of aryl methyl sites for hydroxylation is 1. The first kappa shape index (κ1) is 21.0. The van der Waals surface area contributed by atoms with Gasteiger partial charge < -0.3 is 0 Å². The van der Waals surface area contributed by atoms with E-state index in [0.29, 0.717) is 11.3 Å². The zero-order valence-corrected chi connectivity index (χ0v) is 16.4. The van der Waals surface area contributed by atoms with E-state index in [1.807, 2.05) is 0 Å². The van der Waals surface area contributed by atoms with Crippen LogP contribution in [0.5, 0.6) is 0 Å². The molecule has 3 nitrogen and oxygen atoms in total. The average molecular weight is 405 g/mol. The molecule has 2 atom stereocenters. The highest BCUT2D eigenvalue weighted by atomic mass is 19.3. The van der Waals surface area contributed by atoms with Gasteiger partial charge in [0, 0.05) is 55.7 Å². The number of benzene rings is 1. The zero-order valence-electron chi connectivity index (χ0n) is 16.4. The largest absolute Gasteiger partial charge is 0.272 e. The molecule has 0 spiro atoms. The fourth-order valence-corrected chi connectivity index (χ4v) is 4.04. The molecule has 154 valence electrons. The Morgan fingerprint density at radius 1 is 1.31 bits per heavy atom. The lowest BCUT2D eigenvalue weighted by Crippen LogP contribution is -2.14. The first-order valence-corrected chi connectivity index (χ1v) is 9.37. The second-order valence-corrected chi connectivity index (χ2v) is 7.47. The number of halogens is 4. The van der Waals surface area contributed by atoms with Crippen LogP contribution >= 0.6 is 0 Å². The molecule has 0 aliphatic heterocycles. The van der Waals surface area contributed by atoms with Gasteiger partial charge in [-0.05, 0) is 54.7 Å². The maximum Gasteiger partial charge on any atom is 0.249 e. The summed E-state index contributed by atoms with van der Waals surface area (Å²) in [6.07, 6.45) is 5.24. The third-order valence-corrected chi connectivity index (χ3v) is 5.45. The predicted octanol–water partition coefficient (Wildman–Crippen LogP) is 5.69. The summed E-state index contributed by atoms with van der Waals surface area (Å²) in [4.78, 5) is 3.80. The van der Waals surface area contributed by atoms with Gasteiger partial charge in [-0.3, -0.25) is 9.67 Å². The SMILES string of the molecule is C=C/N=C\C=C(/C)c1cc(F)c(CC2CC(F)(F)CC2c2ccnn2C)cc1F. The zero-order chi connectivity index (χ0) is 21.2. The van der Waals surface area contributed by atoms with E-state index in [1.54, 1.807) is 37.0 Å². The van der Waals surface area contributed by atoms with Crippen LogP contribution in [0.15, 0.2) is 48.2 Å². The molecule has 1 aromatic heterocycles. The van der Waals surface area contributed by atoms with Crippen LogP contribution in [0.2, 0.25) is 0 Å². The van der Waals surface area contributed by atoms with Crippen LogP contribution in [0, 0.1) is 17.6 Å². The molecule has 0 N–H and O–H groups in total. The van der Waals surface area contributed by atoms with Crippen molar-refractivity contribution in [2.75, 3.05) is 0 Å². The first-order chi connectivity index (χ1) is 13.7. The summed E-state index contributed by atoms with van der Waals surface area (Å²) >= 11 is 0. The highest BCUT2D eigenvalue weighted by molar-refractivity contribution is 5.84. The molecule has 1 aliphatic rings. The Balaban J connectivity index is 1.88. The molecule has 29 heavy (non-hydrogen) atoms. The number of hydrogen-bond acceptors (Lipinski definition) is 2. The van der Waals surface area contributed by atoms with Gasteiger partial charge in [0.05, 0.1) is 0 Å². The van der Waals surface area contributed by atoms with Crippen LogP contribution in [0.3, 0.4) is 0 Å². The minimum absolute atomic E-state index is 0.0369.